The van der Waals surface area contributed by atoms with Gasteiger partial charge in [-0.25, -0.2) is 4.68 Å². The lowest BCUT2D eigenvalue weighted by Gasteiger charge is -1.99. The average Bonchev–Trinajstić information content (AvgIpc) is 2.55. The summed E-state index contributed by atoms with van der Waals surface area (Å²) in [5.41, 5.74) is 5.44. The topological polar surface area (TPSA) is 48.8 Å². The molecule has 11 heavy (non-hydrogen) atoms. The fraction of sp³-hybridized carbons (Fsp3) is 0. The van der Waals surface area contributed by atoms with Gasteiger partial charge in [0.25, 0.3) is 0 Å². The van der Waals surface area contributed by atoms with Gasteiger partial charge in [0, 0.05) is 18.5 Å². The van der Waals surface area contributed by atoms with Crippen LogP contribution in [-0.4, -0.2) is 14.6 Å². The number of hydrogen-bond acceptors (Lipinski definition) is 2. The molecule has 0 fully saturated rings. The Morgan fingerprint density at radius 1 is 1.18 bits per heavy atom. The molecule has 2 aromatic rings. The number of aromatic nitrogens is 3. The molecule has 4 nitrogen and oxygen atoms in total. The van der Waals surface area contributed by atoms with Crippen molar-refractivity contribution >= 4 is 5.82 Å². The van der Waals surface area contributed by atoms with Crippen LogP contribution in [0.1, 0.15) is 0 Å². The van der Waals surface area contributed by atoms with E-state index in [2.05, 4.69) is 5.10 Å². The zero-order chi connectivity index (χ0) is 7.68. The average molecular weight is 148 g/mol. The largest absolute Gasteiger partial charge is 0.382 e. The Labute approximate surface area is 63.8 Å². The van der Waals surface area contributed by atoms with Gasteiger partial charge < -0.3 is 5.73 Å². The highest BCUT2D eigenvalue weighted by Gasteiger charge is 1.92. The van der Waals surface area contributed by atoms with Gasteiger partial charge in [-0.2, -0.15) is 4.79 Å². The lowest BCUT2D eigenvalue weighted by atomic mass is 10.7. The first-order chi connectivity index (χ1) is 5.36. The van der Waals surface area contributed by atoms with E-state index in [1.807, 2.05) is 29.2 Å². The van der Waals surface area contributed by atoms with Crippen molar-refractivity contribution in [2.75, 3.05) is 5.73 Å². The molecule has 0 saturated carbocycles. The van der Waals surface area contributed by atoms with Gasteiger partial charge in [-0.05, 0) is 12.1 Å². The van der Waals surface area contributed by atoms with Gasteiger partial charge in [-0.15, -0.1) is 5.10 Å². The summed E-state index contributed by atoms with van der Waals surface area (Å²) in [6, 6.07) is 5.61. The van der Waals surface area contributed by atoms with Crippen molar-refractivity contribution in [2.45, 2.75) is 0 Å². The number of anilines is 1. The number of rotatable bonds is 1. The summed E-state index contributed by atoms with van der Waals surface area (Å²) in [6.07, 6.45) is 5.59. The molecule has 0 bridgehead atoms. The van der Waals surface area contributed by atoms with Crippen LogP contribution in [0.2, 0.25) is 0 Å². The molecule has 0 atom stereocenters. The minimum absolute atomic E-state index is 0.527. The third kappa shape index (κ3) is 0.980. The fourth-order valence-corrected chi connectivity index (χ4v) is 0.919. The first-order valence-corrected chi connectivity index (χ1v) is 3.31. The molecule has 0 radical (unpaired) electrons. The molecule has 2 N–H and O–H groups in total. The summed E-state index contributed by atoms with van der Waals surface area (Å²) in [6.45, 7) is 0. The van der Waals surface area contributed by atoms with Crippen LogP contribution in [0.3, 0.4) is 0 Å². The second kappa shape index (κ2) is 2.16. The third-order valence-electron chi connectivity index (χ3n) is 1.42. The van der Waals surface area contributed by atoms with E-state index < -0.39 is 0 Å². The maximum absolute atomic E-state index is 5.44. The highest BCUT2D eigenvalue weighted by molar-refractivity contribution is 5.23. The second-order valence-corrected chi connectivity index (χ2v) is 2.22. The molecule has 2 heterocycles. The van der Waals surface area contributed by atoms with E-state index in [1.165, 1.54) is 0 Å². The standard InChI is InChI=1S/C7H8N4/c8-7-3-6-11(9-7)10-4-1-2-5-10/h1-6H,(H2,8,9). The van der Waals surface area contributed by atoms with Gasteiger partial charge in [0.2, 0.25) is 0 Å². The normalized spacial score (nSPS) is 10.2. The summed E-state index contributed by atoms with van der Waals surface area (Å²) in [5.74, 6) is 0.527. The van der Waals surface area contributed by atoms with E-state index in [0.717, 1.165) is 0 Å². The Balaban J connectivity index is 2.45. The highest BCUT2D eigenvalue weighted by Crippen LogP contribution is 1.97. The summed E-state index contributed by atoms with van der Waals surface area (Å²) < 4.78 is 1.83. The molecule has 4 heteroatoms. The van der Waals surface area contributed by atoms with Crippen molar-refractivity contribution in [1.29, 1.82) is 0 Å². The Bertz CT molecular complexity index is 333. The van der Waals surface area contributed by atoms with Crippen LogP contribution in [0.15, 0.2) is 36.8 Å². The highest BCUT2D eigenvalue weighted by atomic mass is 15.6. The Morgan fingerprint density at radius 3 is 2.45 bits per heavy atom. The third-order valence-corrected chi connectivity index (χ3v) is 1.42. The van der Waals surface area contributed by atoms with E-state index in [4.69, 9.17) is 5.73 Å². The summed E-state index contributed by atoms with van der Waals surface area (Å²) in [5, 5.41) is 4.01. The van der Waals surface area contributed by atoms with Crippen LogP contribution in [0, 0.1) is 0 Å². The Hall–Kier alpha value is -1.71. The first kappa shape index (κ1) is 6.03. The van der Waals surface area contributed by atoms with E-state index in [1.54, 1.807) is 17.1 Å². The first-order valence-electron chi connectivity index (χ1n) is 3.31. The molecule has 0 aliphatic heterocycles. The van der Waals surface area contributed by atoms with Crippen molar-refractivity contribution in [2.24, 2.45) is 0 Å². The lowest BCUT2D eigenvalue weighted by Crippen LogP contribution is -2.06. The molecular weight excluding hydrogens is 140 g/mol. The van der Waals surface area contributed by atoms with E-state index in [0.29, 0.717) is 5.82 Å². The van der Waals surface area contributed by atoms with Crippen LogP contribution in [-0.2, 0) is 0 Å². The maximum Gasteiger partial charge on any atom is 0.147 e. The summed E-state index contributed by atoms with van der Waals surface area (Å²) in [4.78, 5) is 1.66. The molecule has 0 amide bonds. The Morgan fingerprint density at radius 2 is 1.91 bits per heavy atom. The molecule has 0 aliphatic rings. The van der Waals surface area contributed by atoms with Crippen LogP contribution < -0.4 is 5.73 Å². The fourth-order valence-electron chi connectivity index (χ4n) is 0.919. The predicted molar refractivity (Wildman–Crippen MR) is 41.9 cm³/mol. The number of nitrogens with two attached hydrogens (primary N) is 1. The van der Waals surface area contributed by atoms with Crippen molar-refractivity contribution in [3.05, 3.63) is 36.8 Å². The quantitative estimate of drug-likeness (QED) is 0.643. The van der Waals surface area contributed by atoms with Gasteiger partial charge in [0.15, 0.2) is 0 Å². The van der Waals surface area contributed by atoms with E-state index in [-0.39, 0.29) is 0 Å². The molecular formula is C7H8N4. The summed E-state index contributed by atoms with van der Waals surface area (Å²) in [7, 11) is 0. The summed E-state index contributed by atoms with van der Waals surface area (Å²) >= 11 is 0. The molecule has 2 rings (SSSR count). The maximum atomic E-state index is 5.44. The molecule has 0 aliphatic carbocycles. The molecule has 2 aromatic heterocycles. The van der Waals surface area contributed by atoms with Gasteiger partial charge in [-0.1, -0.05) is 0 Å². The van der Waals surface area contributed by atoms with Crippen LogP contribution in [0.5, 0.6) is 0 Å². The number of nitrogens with zero attached hydrogens (tertiary/aromatic N) is 3. The Kier molecular flexibility index (Phi) is 1.18. The van der Waals surface area contributed by atoms with Gasteiger partial charge in [-0.3, -0.25) is 0 Å². The molecule has 56 valence electrons. The van der Waals surface area contributed by atoms with Crippen molar-refractivity contribution in [3.63, 3.8) is 0 Å². The van der Waals surface area contributed by atoms with Crippen LogP contribution in [0.4, 0.5) is 5.82 Å². The van der Waals surface area contributed by atoms with Crippen molar-refractivity contribution in [3.8, 4) is 0 Å². The monoisotopic (exact) mass is 148 g/mol. The van der Waals surface area contributed by atoms with Crippen LogP contribution >= 0.6 is 0 Å². The number of hydrogen-bond donors (Lipinski definition) is 1. The molecule has 0 spiro atoms. The van der Waals surface area contributed by atoms with Gasteiger partial charge >= 0.3 is 0 Å². The molecule has 0 unspecified atom stereocenters. The lowest BCUT2D eigenvalue weighted by molar-refractivity contribution is 0.580. The van der Waals surface area contributed by atoms with E-state index >= 15 is 0 Å². The van der Waals surface area contributed by atoms with E-state index in [9.17, 15) is 0 Å². The minimum Gasteiger partial charge on any atom is -0.382 e. The zero-order valence-electron chi connectivity index (χ0n) is 5.88. The minimum atomic E-state index is 0.527. The second-order valence-electron chi connectivity index (χ2n) is 2.22. The molecule has 0 saturated heterocycles. The van der Waals surface area contributed by atoms with Crippen molar-refractivity contribution in [1.82, 2.24) is 14.6 Å². The molecule has 0 aromatic carbocycles. The zero-order valence-corrected chi connectivity index (χ0v) is 5.88. The predicted octanol–water partition coefficient (Wildman–Crippen LogP) is 0.578. The number of nitrogen functional groups attached to an aromatic ring is 1. The van der Waals surface area contributed by atoms with Crippen molar-refractivity contribution < 1.29 is 0 Å². The van der Waals surface area contributed by atoms with Gasteiger partial charge in [0.1, 0.15) is 5.82 Å². The van der Waals surface area contributed by atoms with Crippen LogP contribution in [0.25, 0.3) is 0 Å². The smallest absolute Gasteiger partial charge is 0.147 e. The van der Waals surface area contributed by atoms with Gasteiger partial charge in [0.05, 0.1) is 6.20 Å². The SMILES string of the molecule is Nc1ccn(-n2cccc2)n1.